The molecule has 3 rings (SSSR count). The van der Waals surface area contributed by atoms with Gasteiger partial charge in [-0.1, -0.05) is 30.3 Å². The number of benzene rings is 1. The van der Waals surface area contributed by atoms with Crippen LogP contribution in [-0.4, -0.2) is 43.0 Å². The summed E-state index contributed by atoms with van der Waals surface area (Å²) in [6, 6.07) is 13.6. The number of rotatable bonds is 7. The van der Waals surface area contributed by atoms with Crippen molar-refractivity contribution in [2.24, 2.45) is 0 Å². The van der Waals surface area contributed by atoms with E-state index in [1.807, 2.05) is 55.4 Å². The van der Waals surface area contributed by atoms with Crippen LogP contribution < -0.4 is 10.1 Å². The Morgan fingerprint density at radius 1 is 1.21 bits per heavy atom. The van der Waals surface area contributed by atoms with E-state index >= 15 is 0 Å². The van der Waals surface area contributed by atoms with Crippen LogP contribution in [0.15, 0.2) is 48.7 Å². The van der Waals surface area contributed by atoms with E-state index in [1.165, 1.54) is 0 Å². The van der Waals surface area contributed by atoms with Crippen LogP contribution in [-0.2, 0) is 10.2 Å². The van der Waals surface area contributed by atoms with Crippen LogP contribution in [0.4, 0.5) is 5.69 Å². The van der Waals surface area contributed by atoms with Crippen LogP contribution >= 0.6 is 0 Å². The van der Waals surface area contributed by atoms with Crippen molar-refractivity contribution in [3.8, 4) is 5.88 Å². The van der Waals surface area contributed by atoms with E-state index in [1.54, 1.807) is 12.3 Å². The predicted molar refractivity (Wildman–Crippen MR) is 94.3 cm³/mol. The molecule has 5 nitrogen and oxygen atoms in total. The number of likely N-dealkylation sites (N-methyl/N-ethyl adjacent to an activating group) is 1. The van der Waals surface area contributed by atoms with Gasteiger partial charge in [0.1, 0.15) is 6.61 Å². The van der Waals surface area contributed by atoms with E-state index in [-0.39, 0.29) is 11.3 Å². The van der Waals surface area contributed by atoms with E-state index < -0.39 is 0 Å². The lowest BCUT2D eigenvalue weighted by Gasteiger charge is -2.16. The Hall–Kier alpha value is -2.40. The number of nitrogens with zero attached hydrogens (tertiary/aromatic N) is 2. The summed E-state index contributed by atoms with van der Waals surface area (Å²) in [4.78, 5) is 19.0. The van der Waals surface area contributed by atoms with Crippen LogP contribution in [0.2, 0.25) is 0 Å². The number of aromatic nitrogens is 1. The molecule has 1 aliphatic carbocycles. The number of ether oxygens (including phenoxy) is 1. The summed E-state index contributed by atoms with van der Waals surface area (Å²) in [5.41, 5.74) is 1.41. The molecule has 5 heteroatoms. The van der Waals surface area contributed by atoms with E-state index in [4.69, 9.17) is 4.74 Å². The molecule has 0 spiro atoms. The molecule has 1 heterocycles. The van der Waals surface area contributed by atoms with Gasteiger partial charge in [0, 0.05) is 12.6 Å². The first-order chi connectivity index (χ1) is 11.6. The van der Waals surface area contributed by atoms with E-state index in [2.05, 4.69) is 10.3 Å². The number of hydrogen-bond acceptors (Lipinski definition) is 4. The van der Waals surface area contributed by atoms with Crippen molar-refractivity contribution in [3.63, 3.8) is 0 Å². The van der Waals surface area contributed by atoms with Crippen molar-refractivity contribution in [3.05, 3.63) is 54.2 Å². The lowest BCUT2D eigenvalue weighted by Crippen LogP contribution is -2.27. The standard InChI is InChI=1S/C19H23N3O2/c1-22(2)12-13-24-17-9-8-16(14-20-17)21-18(23)19(10-11-19)15-6-4-3-5-7-15/h3-9,14H,10-13H2,1-2H3,(H,21,23). The average Bonchev–Trinajstić information content (AvgIpc) is 3.39. The maximum Gasteiger partial charge on any atom is 0.235 e. The molecule has 126 valence electrons. The maximum absolute atomic E-state index is 12.7. The van der Waals surface area contributed by atoms with Crippen molar-refractivity contribution in [2.75, 3.05) is 32.6 Å². The Kier molecular flexibility index (Phi) is 4.81. The van der Waals surface area contributed by atoms with Gasteiger partial charge in [-0.05, 0) is 38.6 Å². The second kappa shape index (κ2) is 7.01. The van der Waals surface area contributed by atoms with Gasteiger partial charge >= 0.3 is 0 Å². The summed E-state index contributed by atoms with van der Waals surface area (Å²) in [5, 5.41) is 2.98. The molecule has 1 saturated carbocycles. The van der Waals surface area contributed by atoms with Gasteiger partial charge in [0.25, 0.3) is 0 Å². The minimum absolute atomic E-state index is 0.0387. The number of amides is 1. The minimum atomic E-state index is -0.373. The van der Waals surface area contributed by atoms with Crippen molar-refractivity contribution >= 4 is 11.6 Å². The van der Waals surface area contributed by atoms with Crippen LogP contribution in [0.25, 0.3) is 0 Å². The smallest absolute Gasteiger partial charge is 0.235 e. The average molecular weight is 325 g/mol. The van der Waals surface area contributed by atoms with Gasteiger partial charge in [-0.3, -0.25) is 4.79 Å². The topological polar surface area (TPSA) is 54.5 Å². The van der Waals surface area contributed by atoms with E-state index in [0.717, 1.165) is 24.9 Å². The second-order valence-corrected chi connectivity index (χ2v) is 6.44. The zero-order valence-electron chi connectivity index (χ0n) is 14.2. The van der Waals surface area contributed by atoms with Crippen LogP contribution in [0, 0.1) is 0 Å². The van der Waals surface area contributed by atoms with Crippen molar-refractivity contribution in [2.45, 2.75) is 18.3 Å². The van der Waals surface area contributed by atoms with Gasteiger partial charge in [0.15, 0.2) is 0 Å². The quantitative estimate of drug-likeness (QED) is 0.850. The molecule has 1 N–H and O–H groups in total. The molecule has 1 aromatic carbocycles. The molecule has 0 aliphatic heterocycles. The Bertz CT molecular complexity index is 680. The minimum Gasteiger partial charge on any atom is -0.476 e. The molecule has 0 unspecified atom stereocenters. The summed E-state index contributed by atoms with van der Waals surface area (Å²) in [6.45, 7) is 1.42. The highest BCUT2D eigenvalue weighted by molar-refractivity contribution is 6.01. The number of nitrogens with one attached hydrogen (secondary N) is 1. The van der Waals surface area contributed by atoms with Gasteiger partial charge in [0.2, 0.25) is 11.8 Å². The molecule has 1 fully saturated rings. The third kappa shape index (κ3) is 3.74. The highest BCUT2D eigenvalue weighted by atomic mass is 16.5. The summed E-state index contributed by atoms with van der Waals surface area (Å²) >= 11 is 0. The fourth-order valence-electron chi connectivity index (χ4n) is 2.65. The highest BCUT2D eigenvalue weighted by Crippen LogP contribution is 2.48. The molecule has 0 radical (unpaired) electrons. The molecule has 24 heavy (non-hydrogen) atoms. The fourth-order valence-corrected chi connectivity index (χ4v) is 2.65. The molecule has 1 aromatic heterocycles. The second-order valence-electron chi connectivity index (χ2n) is 6.44. The lowest BCUT2D eigenvalue weighted by atomic mass is 9.95. The maximum atomic E-state index is 12.7. The number of pyridine rings is 1. The number of carbonyl (C=O) groups excluding carboxylic acids is 1. The molecule has 1 amide bonds. The molecule has 1 aliphatic rings. The van der Waals surface area contributed by atoms with E-state index in [9.17, 15) is 4.79 Å². The Morgan fingerprint density at radius 2 is 1.96 bits per heavy atom. The lowest BCUT2D eigenvalue weighted by molar-refractivity contribution is -0.118. The van der Waals surface area contributed by atoms with Crippen LogP contribution in [0.3, 0.4) is 0 Å². The van der Waals surface area contributed by atoms with Gasteiger partial charge in [-0.25, -0.2) is 4.98 Å². The molecule has 0 atom stereocenters. The summed E-state index contributed by atoms with van der Waals surface area (Å²) in [6.07, 6.45) is 3.42. The first-order valence-electron chi connectivity index (χ1n) is 8.21. The summed E-state index contributed by atoms with van der Waals surface area (Å²) in [7, 11) is 3.99. The monoisotopic (exact) mass is 325 g/mol. The zero-order valence-corrected chi connectivity index (χ0v) is 14.2. The molecular weight excluding hydrogens is 302 g/mol. The molecule has 0 saturated heterocycles. The Morgan fingerprint density at radius 3 is 2.54 bits per heavy atom. The van der Waals surface area contributed by atoms with Crippen LogP contribution in [0.1, 0.15) is 18.4 Å². The normalized spacial score (nSPS) is 15.1. The summed E-state index contributed by atoms with van der Waals surface area (Å²) < 4.78 is 5.56. The number of carbonyl (C=O) groups is 1. The van der Waals surface area contributed by atoms with Crippen molar-refractivity contribution in [1.29, 1.82) is 0 Å². The number of hydrogen-bond donors (Lipinski definition) is 1. The molecule has 0 bridgehead atoms. The van der Waals surface area contributed by atoms with Gasteiger partial charge in [0.05, 0.1) is 17.3 Å². The zero-order chi connectivity index (χ0) is 17.0. The van der Waals surface area contributed by atoms with E-state index in [0.29, 0.717) is 18.2 Å². The first kappa shape index (κ1) is 16.5. The fraction of sp³-hybridized carbons (Fsp3) is 0.368. The predicted octanol–water partition coefficient (Wildman–Crippen LogP) is 2.69. The summed E-state index contributed by atoms with van der Waals surface area (Å²) in [5.74, 6) is 0.607. The third-order valence-electron chi connectivity index (χ3n) is 4.29. The highest BCUT2D eigenvalue weighted by Gasteiger charge is 2.51. The Labute approximate surface area is 142 Å². The number of anilines is 1. The Balaban J connectivity index is 1.59. The third-order valence-corrected chi connectivity index (χ3v) is 4.29. The molecular formula is C19H23N3O2. The molecule has 2 aromatic rings. The SMILES string of the molecule is CN(C)CCOc1ccc(NC(=O)C2(c3ccccc3)CC2)cn1. The van der Waals surface area contributed by atoms with Crippen LogP contribution in [0.5, 0.6) is 5.88 Å². The first-order valence-corrected chi connectivity index (χ1v) is 8.21. The van der Waals surface area contributed by atoms with Gasteiger partial charge in [-0.15, -0.1) is 0 Å². The van der Waals surface area contributed by atoms with Crippen molar-refractivity contribution in [1.82, 2.24) is 9.88 Å². The van der Waals surface area contributed by atoms with Gasteiger partial charge < -0.3 is 15.0 Å². The van der Waals surface area contributed by atoms with Crippen molar-refractivity contribution < 1.29 is 9.53 Å². The van der Waals surface area contributed by atoms with Gasteiger partial charge in [-0.2, -0.15) is 0 Å². The largest absolute Gasteiger partial charge is 0.476 e.